The highest BCUT2D eigenvalue weighted by Crippen LogP contribution is 2.19. The largest absolute Gasteiger partial charge is 0.459 e. The van der Waals surface area contributed by atoms with Crippen molar-refractivity contribution in [2.24, 2.45) is 4.99 Å². The molecule has 8 nitrogen and oxygen atoms in total. The number of aliphatic imine (C=N–C) groups is 1. The van der Waals surface area contributed by atoms with E-state index in [9.17, 15) is 0 Å². The highest BCUT2D eigenvalue weighted by atomic mass is 16.5. The van der Waals surface area contributed by atoms with Gasteiger partial charge in [0.25, 0.3) is 0 Å². The summed E-state index contributed by atoms with van der Waals surface area (Å²) in [5.74, 6) is 3.40. The highest BCUT2D eigenvalue weighted by molar-refractivity contribution is 5.80. The molecule has 0 radical (unpaired) electrons. The molecule has 0 bridgehead atoms. The Bertz CT molecular complexity index is 928. The Morgan fingerprint density at radius 2 is 2.29 bits per heavy atom. The maximum absolute atomic E-state index is 5.86. The van der Waals surface area contributed by atoms with Gasteiger partial charge in [0, 0.05) is 31.5 Å². The monoisotopic (exact) mass is 382 g/mol. The Hall–Kier alpha value is -2.87. The van der Waals surface area contributed by atoms with E-state index < -0.39 is 0 Å². The second-order valence-corrected chi connectivity index (χ2v) is 6.89. The molecule has 2 aromatic heterocycles. The topological polar surface area (TPSA) is 89.5 Å². The van der Waals surface area contributed by atoms with Gasteiger partial charge in [-0.1, -0.05) is 18.2 Å². The van der Waals surface area contributed by atoms with Crippen LogP contribution in [-0.2, 0) is 30.9 Å². The summed E-state index contributed by atoms with van der Waals surface area (Å²) in [6.45, 7) is 4.56. The van der Waals surface area contributed by atoms with Gasteiger partial charge in [-0.25, -0.2) is 14.7 Å². The molecule has 0 fully saturated rings. The van der Waals surface area contributed by atoms with Gasteiger partial charge < -0.3 is 19.8 Å². The number of ether oxygens (including phenoxy) is 1. The van der Waals surface area contributed by atoms with Gasteiger partial charge in [0.05, 0.1) is 6.54 Å². The molecule has 8 heteroatoms. The fraction of sp³-hybridized carbons (Fsp3) is 0.450. The number of hydrogen-bond donors (Lipinski definition) is 2. The molecule has 4 rings (SSSR count). The van der Waals surface area contributed by atoms with Crippen LogP contribution in [0, 0.1) is 0 Å². The van der Waals surface area contributed by atoms with E-state index in [4.69, 9.17) is 14.1 Å². The lowest BCUT2D eigenvalue weighted by molar-refractivity contribution is 0.177. The third-order valence-electron chi connectivity index (χ3n) is 4.73. The van der Waals surface area contributed by atoms with E-state index in [0.29, 0.717) is 13.2 Å². The summed E-state index contributed by atoms with van der Waals surface area (Å²) < 4.78 is 13.0. The molecule has 3 aromatic rings. The van der Waals surface area contributed by atoms with Gasteiger partial charge in [-0.05, 0) is 25.5 Å². The summed E-state index contributed by atoms with van der Waals surface area (Å²) in [6.07, 6.45) is 1.87. The van der Waals surface area contributed by atoms with Crippen molar-refractivity contribution in [1.29, 1.82) is 0 Å². The predicted molar refractivity (Wildman–Crippen MR) is 107 cm³/mol. The number of guanidine groups is 1. The fourth-order valence-electron chi connectivity index (χ4n) is 3.45. The number of methoxy groups -OCH3 is 1. The molecule has 0 aliphatic carbocycles. The lowest BCUT2D eigenvalue weighted by Gasteiger charge is -2.25. The molecule has 1 aliphatic heterocycles. The van der Waals surface area contributed by atoms with Crippen LogP contribution >= 0.6 is 0 Å². The Balaban J connectivity index is 1.42. The molecule has 1 aromatic carbocycles. The molecule has 0 saturated heterocycles. The minimum absolute atomic E-state index is 0.248. The van der Waals surface area contributed by atoms with Crippen LogP contribution in [0.5, 0.6) is 0 Å². The van der Waals surface area contributed by atoms with Crippen LogP contribution < -0.4 is 10.6 Å². The summed E-state index contributed by atoms with van der Waals surface area (Å²) in [5, 5.41) is 12.5. The average Bonchev–Trinajstić information content (AvgIpc) is 3.29. The van der Waals surface area contributed by atoms with Crippen LogP contribution in [-0.4, -0.2) is 40.4 Å². The SMILES string of the molecule is CCNC(=NCc1cc2ccccc2o1)NC1CCc2nc(COC)nn2C1. The van der Waals surface area contributed by atoms with E-state index in [2.05, 4.69) is 27.6 Å². The molecule has 2 N–H and O–H groups in total. The quantitative estimate of drug-likeness (QED) is 0.502. The van der Waals surface area contributed by atoms with Gasteiger partial charge in [0.1, 0.15) is 30.3 Å². The van der Waals surface area contributed by atoms with Crippen molar-refractivity contribution in [3.63, 3.8) is 0 Å². The second kappa shape index (κ2) is 8.43. The van der Waals surface area contributed by atoms with Crippen molar-refractivity contribution in [3.05, 3.63) is 47.7 Å². The first-order valence-electron chi connectivity index (χ1n) is 9.69. The highest BCUT2D eigenvalue weighted by Gasteiger charge is 2.22. The third-order valence-corrected chi connectivity index (χ3v) is 4.73. The van der Waals surface area contributed by atoms with Crippen LogP contribution in [0.15, 0.2) is 39.7 Å². The van der Waals surface area contributed by atoms with E-state index in [0.717, 1.165) is 60.3 Å². The molecule has 0 amide bonds. The average molecular weight is 382 g/mol. The standard InChI is InChI=1S/C20H26N6O2/c1-3-21-20(22-11-16-10-14-6-4-5-7-17(14)28-16)23-15-8-9-19-24-18(13-27-2)25-26(19)12-15/h4-7,10,15H,3,8-9,11-13H2,1-2H3,(H2,21,22,23). The van der Waals surface area contributed by atoms with Crippen molar-refractivity contribution < 1.29 is 9.15 Å². The van der Waals surface area contributed by atoms with Gasteiger partial charge in [0.2, 0.25) is 0 Å². The number of furan rings is 1. The van der Waals surface area contributed by atoms with Gasteiger partial charge in [-0.2, -0.15) is 5.10 Å². The predicted octanol–water partition coefficient (Wildman–Crippen LogP) is 2.24. The van der Waals surface area contributed by atoms with Crippen molar-refractivity contribution in [2.45, 2.75) is 45.5 Å². The minimum Gasteiger partial charge on any atom is -0.459 e. The van der Waals surface area contributed by atoms with Gasteiger partial charge in [0.15, 0.2) is 11.8 Å². The zero-order valence-electron chi connectivity index (χ0n) is 16.3. The van der Waals surface area contributed by atoms with Crippen molar-refractivity contribution in [3.8, 4) is 0 Å². The number of benzene rings is 1. The number of aryl methyl sites for hydroxylation is 1. The van der Waals surface area contributed by atoms with E-state index in [-0.39, 0.29) is 6.04 Å². The van der Waals surface area contributed by atoms with Crippen LogP contribution in [0.1, 0.15) is 30.8 Å². The Morgan fingerprint density at radius 3 is 3.11 bits per heavy atom. The van der Waals surface area contributed by atoms with Crippen LogP contribution in [0.4, 0.5) is 0 Å². The van der Waals surface area contributed by atoms with Crippen LogP contribution in [0.3, 0.4) is 0 Å². The fourth-order valence-corrected chi connectivity index (χ4v) is 3.45. The van der Waals surface area contributed by atoms with Gasteiger partial charge >= 0.3 is 0 Å². The normalized spacial score (nSPS) is 16.9. The van der Waals surface area contributed by atoms with Crippen LogP contribution in [0.2, 0.25) is 0 Å². The number of nitrogens with zero attached hydrogens (tertiary/aromatic N) is 4. The summed E-state index contributed by atoms with van der Waals surface area (Å²) >= 11 is 0. The first kappa shape index (κ1) is 18.5. The van der Waals surface area contributed by atoms with Crippen molar-refractivity contribution in [2.75, 3.05) is 13.7 Å². The van der Waals surface area contributed by atoms with E-state index in [1.807, 2.05) is 35.0 Å². The number of para-hydroxylation sites is 1. The molecule has 1 aliphatic rings. The first-order chi connectivity index (χ1) is 13.7. The number of rotatable bonds is 6. The zero-order valence-corrected chi connectivity index (χ0v) is 16.3. The summed E-state index contributed by atoms with van der Waals surface area (Å²) in [7, 11) is 1.66. The Morgan fingerprint density at radius 1 is 1.39 bits per heavy atom. The maximum Gasteiger partial charge on any atom is 0.191 e. The molecule has 148 valence electrons. The van der Waals surface area contributed by atoms with Gasteiger partial charge in [-0.3, -0.25) is 0 Å². The lowest BCUT2D eigenvalue weighted by Crippen LogP contribution is -2.47. The lowest BCUT2D eigenvalue weighted by atomic mass is 10.1. The molecule has 3 heterocycles. The smallest absolute Gasteiger partial charge is 0.191 e. The maximum atomic E-state index is 5.86. The second-order valence-electron chi connectivity index (χ2n) is 6.89. The molecule has 1 unspecified atom stereocenters. The summed E-state index contributed by atoms with van der Waals surface area (Å²) in [4.78, 5) is 9.23. The summed E-state index contributed by atoms with van der Waals surface area (Å²) in [5.41, 5.74) is 0.892. The third kappa shape index (κ3) is 4.17. The Kier molecular flexibility index (Phi) is 5.57. The molecule has 0 saturated carbocycles. The zero-order chi connectivity index (χ0) is 19.3. The van der Waals surface area contributed by atoms with Crippen molar-refractivity contribution >= 4 is 16.9 Å². The molecular formula is C20H26N6O2. The van der Waals surface area contributed by atoms with Crippen molar-refractivity contribution in [1.82, 2.24) is 25.4 Å². The first-order valence-corrected chi connectivity index (χ1v) is 9.69. The van der Waals surface area contributed by atoms with E-state index in [1.165, 1.54) is 0 Å². The van der Waals surface area contributed by atoms with Crippen LogP contribution in [0.25, 0.3) is 11.0 Å². The molecule has 0 spiro atoms. The van der Waals surface area contributed by atoms with E-state index in [1.54, 1.807) is 7.11 Å². The number of nitrogens with one attached hydrogen (secondary N) is 2. The van der Waals surface area contributed by atoms with Gasteiger partial charge in [-0.15, -0.1) is 0 Å². The molecular weight excluding hydrogens is 356 g/mol. The summed E-state index contributed by atoms with van der Waals surface area (Å²) in [6, 6.07) is 10.3. The number of aromatic nitrogens is 3. The molecule has 1 atom stereocenters. The minimum atomic E-state index is 0.248. The Labute approximate surface area is 164 Å². The number of fused-ring (bicyclic) bond motifs is 2. The van der Waals surface area contributed by atoms with E-state index >= 15 is 0 Å². The molecule has 28 heavy (non-hydrogen) atoms. The number of hydrogen-bond acceptors (Lipinski definition) is 5.